The normalized spacial score (nSPS) is 23.0. The van der Waals surface area contributed by atoms with Gasteiger partial charge in [0.25, 0.3) is 5.91 Å². The Bertz CT molecular complexity index is 771. The van der Waals surface area contributed by atoms with Gasteiger partial charge in [0, 0.05) is 31.6 Å². The quantitative estimate of drug-likeness (QED) is 0.801. The molecule has 4 rings (SSSR count). The summed E-state index contributed by atoms with van der Waals surface area (Å²) in [5, 5.41) is 3.63. The van der Waals surface area contributed by atoms with E-state index in [1.54, 1.807) is 0 Å². The fourth-order valence-corrected chi connectivity index (χ4v) is 4.39. The van der Waals surface area contributed by atoms with Gasteiger partial charge >= 0.3 is 0 Å². The van der Waals surface area contributed by atoms with Crippen LogP contribution in [0.1, 0.15) is 36.8 Å². The molecule has 2 aliphatic heterocycles. The second kappa shape index (κ2) is 9.44. The molecule has 2 heterocycles. The maximum absolute atomic E-state index is 12.7. The highest BCUT2D eigenvalue weighted by molar-refractivity contribution is 5.85. The molecule has 2 fully saturated rings. The van der Waals surface area contributed by atoms with Crippen LogP contribution < -0.4 is 10.1 Å². The number of carbonyl (C=O) groups is 1. The molecule has 2 bridgehead atoms. The minimum Gasteiger partial charge on any atom is -0.483 e. The highest BCUT2D eigenvalue weighted by Crippen LogP contribution is 2.29. The molecule has 2 unspecified atom stereocenters. The predicted octanol–water partition coefficient (Wildman–Crippen LogP) is 3.82. The molecule has 0 saturated carbocycles. The lowest BCUT2D eigenvalue weighted by atomic mass is 9.98. The number of benzene rings is 2. The van der Waals surface area contributed by atoms with Gasteiger partial charge in [-0.25, -0.2) is 0 Å². The van der Waals surface area contributed by atoms with E-state index in [1.165, 1.54) is 18.4 Å². The maximum Gasteiger partial charge on any atom is 0.260 e. The number of amides is 1. The van der Waals surface area contributed by atoms with Crippen molar-refractivity contribution in [1.82, 2.24) is 10.2 Å². The smallest absolute Gasteiger partial charge is 0.260 e. The van der Waals surface area contributed by atoms with Gasteiger partial charge in [-0.3, -0.25) is 4.79 Å². The Kier molecular flexibility index (Phi) is 6.97. The van der Waals surface area contributed by atoms with Gasteiger partial charge in [0.1, 0.15) is 5.75 Å². The molecule has 5 heteroatoms. The summed E-state index contributed by atoms with van der Waals surface area (Å²) in [6.45, 7) is 0.0988. The minimum absolute atomic E-state index is 0. The van der Waals surface area contributed by atoms with Gasteiger partial charge in [0.15, 0.2) is 6.61 Å². The molecule has 1 amide bonds. The summed E-state index contributed by atoms with van der Waals surface area (Å²) in [6.07, 6.45) is 5.41. The number of halogens is 1. The van der Waals surface area contributed by atoms with Crippen LogP contribution >= 0.6 is 12.4 Å². The standard InChI is InChI=1S/C23H28N2O2.ClH/c1-25(21-14-19-11-12-20(15-21)24-19)23(26)16-27-22-10-6-5-9-18(22)13-17-7-3-2-4-8-17;/h2-10,19-21,24H,11-16H2,1H3;1H. The van der Waals surface area contributed by atoms with Gasteiger partial charge in [-0.1, -0.05) is 48.5 Å². The first kappa shape index (κ1) is 20.7. The van der Waals surface area contributed by atoms with E-state index < -0.39 is 0 Å². The van der Waals surface area contributed by atoms with E-state index in [-0.39, 0.29) is 24.9 Å². The van der Waals surface area contributed by atoms with E-state index in [4.69, 9.17) is 4.74 Å². The number of likely N-dealkylation sites (N-methyl/N-ethyl adjacent to an activating group) is 1. The number of hydrogen-bond acceptors (Lipinski definition) is 3. The number of nitrogens with one attached hydrogen (secondary N) is 1. The van der Waals surface area contributed by atoms with Crippen molar-refractivity contribution in [3.63, 3.8) is 0 Å². The number of carbonyl (C=O) groups excluding carboxylic acids is 1. The summed E-state index contributed by atoms with van der Waals surface area (Å²) in [5.74, 6) is 0.865. The first-order chi connectivity index (χ1) is 13.2. The van der Waals surface area contributed by atoms with E-state index in [1.807, 2.05) is 48.3 Å². The summed E-state index contributed by atoms with van der Waals surface area (Å²) in [5.41, 5.74) is 2.35. The van der Waals surface area contributed by atoms with E-state index >= 15 is 0 Å². The van der Waals surface area contributed by atoms with Gasteiger partial charge in [-0.05, 0) is 42.9 Å². The Balaban J connectivity index is 0.00000225. The van der Waals surface area contributed by atoms with Crippen LogP contribution in [0.25, 0.3) is 0 Å². The third-order valence-corrected chi connectivity index (χ3v) is 5.95. The Morgan fingerprint density at radius 3 is 2.39 bits per heavy atom. The molecule has 150 valence electrons. The van der Waals surface area contributed by atoms with Gasteiger partial charge in [-0.15, -0.1) is 12.4 Å². The zero-order chi connectivity index (χ0) is 18.6. The van der Waals surface area contributed by atoms with Crippen LogP contribution in [0.4, 0.5) is 0 Å². The topological polar surface area (TPSA) is 41.6 Å². The molecule has 2 aliphatic rings. The molecule has 0 radical (unpaired) electrons. The molecule has 28 heavy (non-hydrogen) atoms. The average Bonchev–Trinajstić information content (AvgIpc) is 3.05. The first-order valence-electron chi connectivity index (χ1n) is 9.95. The van der Waals surface area contributed by atoms with Crippen LogP contribution in [0.5, 0.6) is 5.75 Å². The number of hydrogen-bond donors (Lipinski definition) is 1. The molecule has 0 aromatic heterocycles. The zero-order valence-electron chi connectivity index (χ0n) is 16.3. The van der Waals surface area contributed by atoms with Crippen LogP contribution in [0.3, 0.4) is 0 Å². The number of nitrogens with zero attached hydrogens (tertiary/aromatic N) is 1. The van der Waals surface area contributed by atoms with E-state index in [2.05, 4.69) is 23.5 Å². The number of rotatable bonds is 6. The Hall–Kier alpha value is -2.04. The molecular formula is C23H29ClN2O2. The highest BCUT2D eigenvalue weighted by atomic mass is 35.5. The molecule has 1 N–H and O–H groups in total. The molecule has 0 spiro atoms. The largest absolute Gasteiger partial charge is 0.483 e. The van der Waals surface area contributed by atoms with Crippen molar-refractivity contribution in [1.29, 1.82) is 0 Å². The minimum atomic E-state index is 0. The van der Waals surface area contributed by atoms with Crippen molar-refractivity contribution in [2.75, 3.05) is 13.7 Å². The predicted molar refractivity (Wildman–Crippen MR) is 114 cm³/mol. The summed E-state index contributed by atoms with van der Waals surface area (Å²) in [7, 11) is 1.93. The Morgan fingerprint density at radius 2 is 1.68 bits per heavy atom. The van der Waals surface area contributed by atoms with Crippen molar-refractivity contribution in [2.24, 2.45) is 0 Å². The molecule has 2 atom stereocenters. The lowest BCUT2D eigenvalue weighted by Gasteiger charge is -2.35. The Morgan fingerprint density at radius 1 is 1.04 bits per heavy atom. The monoisotopic (exact) mass is 400 g/mol. The second-order valence-corrected chi connectivity index (χ2v) is 7.83. The average molecular weight is 401 g/mol. The summed E-state index contributed by atoms with van der Waals surface area (Å²) < 4.78 is 5.95. The Labute approximate surface area is 173 Å². The zero-order valence-corrected chi connectivity index (χ0v) is 17.2. The summed E-state index contributed by atoms with van der Waals surface area (Å²) in [6, 6.07) is 19.8. The molecule has 2 aromatic carbocycles. The number of para-hydroxylation sites is 1. The summed E-state index contributed by atoms with van der Waals surface area (Å²) in [4.78, 5) is 14.6. The second-order valence-electron chi connectivity index (χ2n) is 7.83. The third-order valence-electron chi connectivity index (χ3n) is 5.95. The lowest BCUT2D eigenvalue weighted by Crippen LogP contribution is -2.49. The van der Waals surface area contributed by atoms with E-state index in [9.17, 15) is 4.79 Å². The SMILES string of the molecule is CN(C(=O)COc1ccccc1Cc1ccccc1)C1CC2CCC(C1)N2.Cl. The lowest BCUT2D eigenvalue weighted by molar-refractivity contribution is -0.134. The molecule has 4 nitrogen and oxygen atoms in total. The fourth-order valence-electron chi connectivity index (χ4n) is 4.39. The van der Waals surface area contributed by atoms with Gasteiger partial charge in [-0.2, -0.15) is 0 Å². The summed E-state index contributed by atoms with van der Waals surface area (Å²) >= 11 is 0. The van der Waals surface area contributed by atoms with Gasteiger partial charge < -0.3 is 15.0 Å². The van der Waals surface area contributed by atoms with Gasteiger partial charge in [0.2, 0.25) is 0 Å². The highest BCUT2D eigenvalue weighted by Gasteiger charge is 2.36. The van der Waals surface area contributed by atoms with Crippen LogP contribution in [-0.2, 0) is 11.2 Å². The maximum atomic E-state index is 12.7. The van der Waals surface area contributed by atoms with Crippen LogP contribution in [0, 0.1) is 0 Å². The van der Waals surface area contributed by atoms with E-state index in [0.717, 1.165) is 30.6 Å². The first-order valence-corrected chi connectivity index (χ1v) is 9.95. The third kappa shape index (κ3) is 4.86. The van der Waals surface area contributed by atoms with Crippen molar-refractivity contribution in [2.45, 2.75) is 50.2 Å². The molecule has 2 saturated heterocycles. The van der Waals surface area contributed by atoms with E-state index in [0.29, 0.717) is 18.1 Å². The van der Waals surface area contributed by atoms with Crippen molar-refractivity contribution in [3.05, 3.63) is 65.7 Å². The van der Waals surface area contributed by atoms with Crippen molar-refractivity contribution in [3.8, 4) is 5.75 Å². The van der Waals surface area contributed by atoms with Crippen molar-refractivity contribution < 1.29 is 9.53 Å². The van der Waals surface area contributed by atoms with Crippen LogP contribution in [0.15, 0.2) is 54.6 Å². The van der Waals surface area contributed by atoms with Crippen molar-refractivity contribution >= 4 is 18.3 Å². The van der Waals surface area contributed by atoms with Crippen LogP contribution in [0.2, 0.25) is 0 Å². The number of piperidine rings is 1. The molecule has 2 aromatic rings. The molecule has 0 aliphatic carbocycles. The van der Waals surface area contributed by atoms with Crippen LogP contribution in [-0.4, -0.2) is 42.6 Å². The van der Waals surface area contributed by atoms with Gasteiger partial charge in [0.05, 0.1) is 0 Å². The molecular weight excluding hydrogens is 372 g/mol. The number of ether oxygens (including phenoxy) is 1. The fraction of sp³-hybridized carbons (Fsp3) is 0.435. The number of fused-ring (bicyclic) bond motifs is 2.